The maximum atomic E-state index is 9.92. The van der Waals surface area contributed by atoms with Gasteiger partial charge in [-0.3, -0.25) is 6.07 Å². The maximum absolute atomic E-state index is 9.92. The molecule has 0 unspecified atom stereocenters. The molecule has 0 saturated carbocycles. The van der Waals surface area contributed by atoms with Crippen LogP contribution in [-0.4, -0.2) is 55.3 Å². The first-order chi connectivity index (χ1) is 6.24. The summed E-state index contributed by atoms with van der Waals surface area (Å²) in [5, 5.41) is 2.99. The van der Waals surface area contributed by atoms with E-state index in [4.69, 9.17) is 11.6 Å². The van der Waals surface area contributed by atoms with Crippen LogP contribution in [0.15, 0.2) is 12.1 Å². The zero-order valence-corrected chi connectivity index (χ0v) is 13.8. The van der Waals surface area contributed by atoms with Crippen molar-refractivity contribution in [2.75, 3.05) is 5.32 Å². The fraction of sp³-hybridized carbons (Fsp3) is 0.300. The summed E-state index contributed by atoms with van der Waals surface area (Å²) < 4.78 is 0. The van der Waals surface area contributed by atoms with Crippen LogP contribution in [0, 0.1) is 13.0 Å². The Morgan fingerprint density at radius 1 is 1.50 bits per heavy atom. The van der Waals surface area contributed by atoms with Gasteiger partial charge in [-0.25, -0.2) is 11.3 Å². The molecule has 0 saturated heterocycles. The Morgan fingerprint density at radius 2 is 2.07 bits per heavy atom. The summed E-state index contributed by atoms with van der Waals surface area (Å²) in [6.45, 7) is 5.84. The van der Waals surface area contributed by atoms with E-state index >= 15 is 0 Å². The number of amides is 1. The van der Waals surface area contributed by atoms with Crippen LogP contribution in [-0.2, 0) is 4.79 Å². The zero-order valence-electron chi connectivity index (χ0n) is 8.65. The molecular weight excluding hydrogens is 323 g/mol. The molecule has 0 aliphatic carbocycles. The summed E-state index contributed by atoms with van der Waals surface area (Å²) in [7, 11) is 0. The van der Waals surface area contributed by atoms with Gasteiger partial charge in [0.15, 0.2) is 0 Å². The molecule has 0 aliphatic heterocycles. The summed E-state index contributed by atoms with van der Waals surface area (Å²) in [5.41, 5.74) is 1.49. The van der Waals surface area contributed by atoms with Gasteiger partial charge in [-0.1, -0.05) is 18.9 Å². The van der Waals surface area contributed by atoms with E-state index in [9.17, 15) is 4.79 Å². The van der Waals surface area contributed by atoms with Crippen molar-refractivity contribution in [3.63, 3.8) is 0 Å². The van der Waals surface area contributed by atoms with Gasteiger partial charge in [-0.05, 0) is 0 Å². The van der Waals surface area contributed by atoms with Gasteiger partial charge in [0.25, 0.3) is 0 Å². The number of carbonyl (C=O) groups excluding carboxylic acids is 1. The van der Waals surface area contributed by atoms with E-state index in [2.05, 4.69) is 11.4 Å². The van der Waals surface area contributed by atoms with E-state index in [0.29, 0.717) is 10.7 Å². The minimum atomic E-state index is 0. The van der Waals surface area contributed by atoms with E-state index in [1.807, 2.05) is 20.8 Å². The minimum absolute atomic E-state index is 0. The summed E-state index contributed by atoms with van der Waals surface area (Å²) in [4.78, 5) is 9.92. The molecule has 2 nitrogen and oxygen atoms in total. The zero-order chi connectivity index (χ0) is 10.3. The van der Waals surface area contributed by atoms with E-state index in [1.54, 1.807) is 18.5 Å². The number of rotatable bonds is 2. The summed E-state index contributed by atoms with van der Waals surface area (Å²) >= 11 is 5.66. The largest absolute Gasteiger partial charge is 2.00 e. The molecule has 0 spiro atoms. The van der Waals surface area contributed by atoms with Crippen molar-refractivity contribution in [2.45, 2.75) is 20.8 Å². The maximum Gasteiger partial charge on any atom is 2.00 e. The molecule has 0 fully saturated rings. The van der Waals surface area contributed by atoms with Crippen LogP contribution in [0.5, 0.6) is 0 Å². The van der Waals surface area contributed by atoms with Crippen LogP contribution < -0.4 is 5.32 Å². The predicted molar refractivity (Wildman–Crippen MR) is 61.4 cm³/mol. The molecule has 4 heteroatoms. The predicted octanol–water partition coefficient (Wildman–Crippen LogP) is 2.57. The summed E-state index contributed by atoms with van der Waals surface area (Å²) in [5.74, 6) is 0. The number of benzene rings is 1. The fourth-order valence-corrected chi connectivity index (χ4v) is 0.980. The second-order valence-corrected chi connectivity index (χ2v) is 2.54. The van der Waals surface area contributed by atoms with E-state index in [1.165, 1.54) is 0 Å². The Hall–Kier alpha value is 0.551. The van der Waals surface area contributed by atoms with Crippen LogP contribution in [0.1, 0.15) is 19.4 Å². The monoisotopic (exact) mass is 335 g/mol. The smallest absolute Gasteiger partial charge is 0.511 e. The standard InChI is InChI=1S/C8H6ClNO.C2H6.Ba/c1-6-4-7(9)2-3-8(6)10-5-11;1-2;/h2,4H,1H3,(H,10,11);1-2H3;/q-2;;+2. The first-order valence-corrected chi connectivity index (χ1v) is 4.43. The second-order valence-electron chi connectivity index (χ2n) is 2.10. The molecule has 0 atom stereocenters. The SMILES string of the molecule is CC.Cc1cc(Cl)c[c-]c1N[C-]=O.[Ba+2]. The van der Waals surface area contributed by atoms with Gasteiger partial charge in [-0.15, -0.1) is 6.92 Å². The van der Waals surface area contributed by atoms with Crippen molar-refractivity contribution in [1.29, 1.82) is 0 Å². The van der Waals surface area contributed by atoms with Crippen molar-refractivity contribution in [3.8, 4) is 0 Å². The summed E-state index contributed by atoms with van der Waals surface area (Å²) in [6, 6.07) is 6.14. The molecule has 0 aromatic heterocycles. The average molecular weight is 335 g/mol. The number of hydrogen-bond acceptors (Lipinski definition) is 1. The molecule has 14 heavy (non-hydrogen) atoms. The second kappa shape index (κ2) is 10.1. The third-order valence-electron chi connectivity index (χ3n) is 1.28. The van der Waals surface area contributed by atoms with Crippen LogP contribution in [0.2, 0.25) is 5.02 Å². The molecule has 1 aromatic rings. The van der Waals surface area contributed by atoms with Gasteiger partial charge >= 0.3 is 48.9 Å². The van der Waals surface area contributed by atoms with Gasteiger partial charge < -0.3 is 10.1 Å². The summed E-state index contributed by atoms with van der Waals surface area (Å²) in [6.07, 6.45) is 1.57. The Balaban J connectivity index is 0. The number of aryl methyl sites for hydroxylation is 1. The number of halogens is 1. The molecule has 0 aliphatic rings. The molecule has 1 rings (SSSR count). The van der Waals surface area contributed by atoms with Crippen molar-refractivity contribution >= 4 is 72.6 Å². The Kier molecular flexibility index (Phi) is 12.2. The molecule has 1 N–H and O–H groups in total. The van der Waals surface area contributed by atoms with Gasteiger partial charge in [0, 0.05) is 0 Å². The third kappa shape index (κ3) is 6.11. The Labute approximate surface area is 130 Å². The molecule has 72 valence electrons. The van der Waals surface area contributed by atoms with E-state index in [-0.39, 0.29) is 48.9 Å². The molecule has 0 bridgehead atoms. The van der Waals surface area contributed by atoms with Gasteiger partial charge in [0.1, 0.15) is 0 Å². The molecular formula is C10H12BaClNO. The third-order valence-corrected chi connectivity index (χ3v) is 1.50. The molecule has 1 amide bonds. The van der Waals surface area contributed by atoms with E-state index in [0.717, 1.165) is 5.56 Å². The molecule has 0 heterocycles. The number of hydrogen-bond donors (Lipinski definition) is 1. The first-order valence-electron chi connectivity index (χ1n) is 4.05. The topological polar surface area (TPSA) is 29.1 Å². The van der Waals surface area contributed by atoms with Crippen molar-refractivity contribution < 1.29 is 4.79 Å². The van der Waals surface area contributed by atoms with Crippen molar-refractivity contribution in [3.05, 3.63) is 28.8 Å². The first kappa shape index (κ1) is 17.0. The Morgan fingerprint density at radius 3 is 2.50 bits per heavy atom. The van der Waals surface area contributed by atoms with Crippen molar-refractivity contribution in [2.24, 2.45) is 0 Å². The normalized spacial score (nSPS) is 7.71. The molecule has 1 aromatic carbocycles. The van der Waals surface area contributed by atoms with E-state index < -0.39 is 0 Å². The number of anilines is 1. The van der Waals surface area contributed by atoms with Crippen molar-refractivity contribution in [1.82, 2.24) is 0 Å². The van der Waals surface area contributed by atoms with Crippen LogP contribution in [0.3, 0.4) is 0 Å². The van der Waals surface area contributed by atoms with Gasteiger partial charge in [0.2, 0.25) is 0 Å². The Bertz CT molecular complexity index is 279. The average Bonchev–Trinajstić information content (AvgIpc) is 2.14. The number of nitrogens with one attached hydrogen (secondary N) is 1. The van der Waals surface area contributed by atoms with Gasteiger partial charge in [-0.2, -0.15) is 23.7 Å². The quantitative estimate of drug-likeness (QED) is 0.502. The van der Waals surface area contributed by atoms with Crippen LogP contribution in [0.4, 0.5) is 5.69 Å². The molecule has 0 radical (unpaired) electrons. The van der Waals surface area contributed by atoms with Gasteiger partial charge in [0.05, 0.1) is 6.41 Å². The van der Waals surface area contributed by atoms with Crippen LogP contribution in [0.25, 0.3) is 0 Å². The van der Waals surface area contributed by atoms with Crippen LogP contribution >= 0.6 is 11.6 Å². The fourth-order valence-electron chi connectivity index (χ4n) is 0.761. The minimum Gasteiger partial charge on any atom is -0.511 e.